The minimum absolute atomic E-state index is 0.0323. The summed E-state index contributed by atoms with van der Waals surface area (Å²) >= 11 is 0. The van der Waals surface area contributed by atoms with Gasteiger partial charge in [0.25, 0.3) is 0 Å². The van der Waals surface area contributed by atoms with Crippen molar-refractivity contribution in [3.63, 3.8) is 0 Å². The summed E-state index contributed by atoms with van der Waals surface area (Å²) in [5.74, 6) is 1.26. The molecule has 0 bridgehead atoms. The average molecular weight is 302 g/mol. The van der Waals surface area contributed by atoms with Gasteiger partial charge in [-0.1, -0.05) is 45.9 Å². The Morgan fingerprint density at radius 2 is 1.91 bits per heavy atom. The van der Waals surface area contributed by atoms with Gasteiger partial charge in [-0.15, -0.1) is 0 Å². The number of benzene rings is 1. The summed E-state index contributed by atoms with van der Waals surface area (Å²) in [5.41, 5.74) is 2.18. The molecule has 1 heterocycles. The Kier molecular flexibility index (Phi) is 5.63. The molecule has 1 fully saturated rings. The number of hydrogen-bond donors (Lipinski definition) is 2. The Hall–Kier alpha value is -1.35. The maximum absolute atomic E-state index is 12.4. The van der Waals surface area contributed by atoms with Crippen molar-refractivity contribution in [1.82, 2.24) is 5.32 Å². The Morgan fingerprint density at radius 1 is 1.27 bits per heavy atom. The first kappa shape index (κ1) is 17.0. The van der Waals surface area contributed by atoms with E-state index >= 15 is 0 Å². The molecule has 1 unspecified atom stereocenters. The molecule has 0 spiro atoms. The molecule has 22 heavy (non-hydrogen) atoms. The molecule has 1 aromatic rings. The first-order chi connectivity index (χ1) is 10.4. The minimum atomic E-state index is 0.0323. The fourth-order valence-corrected chi connectivity index (χ4v) is 3.32. The van der Waals surface area contributed by atoms with Gasteiger partial charge in [0.15, 0.2) is 0 Å². The van der Waals surface area contributed by atoms with Gasteiger partial charge in [0.2, 0.25) is 5.91 Å². The third kappa shape index (κ3) is 4.57. The van der Waals surface area contributed by atoms with E-state index in [9.17, 15) is 4.79 Å². The van der Waals surface area contributed by atoms with Crippen molar-refractivity contribution in [2.45, 2.75) is 52.4 Å². The monoisotopic (exact) mass is 302 g/mol. The van der Waals surface area contributed by atoms with Gasteiger partial charge in [-0.2, -0.15) is 0 Å². The van der Waals surface area contributed by atoms with Gasteiger partial charge in [0.1, 0.15) is 0 Å². The molecule has 0 radical (unpaired) electrons. The lowest BCUT2D eigenvalue weighted by Crippen LogP contribution is -2.32. The number of para-hydroxylation sites is 1. The zero-order valence-electron chi connectivity index (χ0n) is 14.4. The van der Waals surface area contributed by atoms with Crippen LogP contribution < -0.4 is 10.6 Å². The summed E-state index contributed by atoms with van der Waals surface area (Å²) in [6.45, 7) is 10.9. The minimum Gasteiger partial charge on any atom is -0.326 e. The number of hydrogen-bond acceptors (Lipinski definition) is 2. The van der Waals surface area contributed by atoms with E-state index in [2.05, 4.69) is 44.4 Å². The Labute approximate surface area is 134 Å². The highest BCUT2D eigenvalue weighted by atomic mass is 16.1. The van der Waals surface area contributed by atoms with Crippen LogP contribution in [0.3, 0.4) is 0 Å². The van der Waals surface area contributed by atoms with Gasteiger partial charge in [0.05, 0.1) is 0 Å². The van der Waals surface area contributed by atoms with E-state index in [1.807, 2.05) is 18.2 Å². The number of nitrogens with one attached hydrogen (secondary N) is 2. The van der Waals surface area contributed by atoms with E-state index in [0.29, 0.717) is 18.3 Å². The van der Waals surface area contributed by atoms with Crippen LogP contribution in [0.5, 0.6) is 0 Å². The Bertz CT molecular complexity index is 498. The van der Waals surface area contributed by atoms with Gasteiger partial charge < -0.3 is 10.6 Å². The van der Waals surface area contributed by atoms with Crippen LogP contribution >= 0.6 is 0 Å². The van der Waals surface area contributed by atoms with Crippen molar-refractivity contribution in [2.24, 2.45) is 11.8 Å². The van der Waals surface area contributed by atoms with Gasteiger partial charge >= 0.3 is 0 Å². The molecule has 0 aliphatic carbocycles. The largest absolute Gasteiger partial charge is 0.326 e. The molecule has 1 aliphatic rings. The van der Waals surface area contributed by atoms with Crippen LogP contribution in [0.4, 0.5) is 5.69 Å². The number of piperidine rings is 1. The number of rotatable bonds is 4. The molecule has 2 N–H and O–H groups in total. The predicted octanol–water partition coefficient (Wildman–Crippen LogP) is 3.95. The lowest BCUT2D eigenvalue weighted by molar-refractivity contribution is -0.117. The molecule has 0 aromatic heterocycles. The van der Waals surface area contributed by atoms with E-state index in [0.717, 1.165) is 18.8 Å². The van der Waals surface area contributed by atoms with E-state index < -0.39 is 0 Å². The van der Waals surface area contributed by atoms with Crippen molar-refractivity contribution in [3.05, 3.63) is 29.8 Å². The van der Waals surface area contributed by atoms with Crippen LogP contribution in [-0.2, 0) is 10.2 Å². The molecule has 1 atom stereocenters. The zero-order chi connectivity index (χ0) is 16.2. The molecule has 1 amide bonds. The molecule has 3 nitrogen and oxygen atoms in total. The molecule has 2 rings (SSSR count). The predicted molar refractivity (Wildman–Crippen MR) is 93.1 cm³/mol. The molecule has 1 aliphatic heterocycles. The van der Waals surface area contributed by atoms with E-state index in [-0.39, 0.29) is 11.3 Å². The van der Waals surface area contributed by atoms with Gasteiger partial charge in [-0.25, -0.2) is 0 Å². The SMILES string of the molecule is CC(CC(=O)Nc1ccccc1C(C)(C)C)C1CCNCC1. The lowest BCUT2D eigenvalue weighted by Gasteiger charge is -2.28. The van der Waals surface area contributed by atoms with Crippen LogP contribution in [0.2, 0.25) is 0 Å². The highest BCUT2D eigenvalue weighted by Gasteiger charge is 2.23. The smallest absolute Gasteiger partial charge is 0.224 e. The normalized spacial score (nSPS) is 18.0. The zero-order valence-corrected chi connectivity index (χ0v) is 14.4. The summed E-state index contributed by atoms with van der Waals surface area (Å²) < 4.78 is 0. The number of anilines is 1. The van der Waals surface area contributed by atoms with Gasteiger partial charge in [-0.3, -0.25) is 4.79 Å². The summed E-state index contributed by atoms with van der Waals surface area (Å²) in [7, 11) is 0. The Morgan fingerprint density at radius 3 is 2.55 bits per heavy atom. The van der Waals surface area contributed by atoms with Crippen molar-refractivity contribution < 1.29 is 4.79 Å². The fraction of sp³-hybridized carbons (Fsp3) is 0.632. The molecule has 3 heteroatoms. The van der Waals surface area contributed by atoms with Crippen molar-refractivity contribution >= 4 is 11.6 Å². The highest BCUT2D eigenvalue weighted by molar-refractivity contribution is 5.91. The molecular weight excluding hydrogens is 272 g/mol. The van der Waals surface area contributed by atoms with Crippen LogP contribution in [0, 0.1) is 11.8 Å². The summed E-state index contributed by atoms with van der Waals surface area (Å²) in [4.78, 5) is 12.4. The Balaban J connectivity index is 1.97. The van der Waals surface area contributed by atoms with Gasteiger partial charge in [-0.05, 0) is 54.8 Å². The summed E-state index contributed by atoms with van der Waals surface area (Å²) in [6.07, 6.45) is 2.99. The molecule has 0 saturated carbocycles. The quantitative estimate of drug-likeness (QED) is 0.884. The van der Waals surface area contributed by atoms with Crippen LogP contribution in [-0.4, -0.2) is 19.0 Å². The molecule has 122 valence electrons. The van der Waals surface area contributed by atoms with E-state index in [1.165, 1.54) is 18.4 Å². The number of carbonyl (C=O) groups is 1. The number of amides is 1. The first-order valence-electron chi connectivity index (χ1n) is 8.48. The lowest BCUT2D eigenvalue weighted by atomic mass is 9.83. The van der Waals surface area contributed by atoms with E-state index in [1.54, 1.807) is 0 Å². The van der Waals surface area contributed by atoms with Crippen LogP contribution in [0.15, 0.2) is 24.3 Å². The molecular formula is C19H30N2O. The fourth-order valence-electron chi connectivity index (χ4n) is 3.32. The number of carbonyl (C=O) groups excluding carboxylic acids is 1. The first-order valence-corrected chi connectivity index (χ1v) is 8.48. The third-order valence-electron chi connectivity index (χ3n) is 4.71. The molecule has 1 saturated heterocycles. The topological polar surface area (TPSA) is 41.1 Å². The van der Waals surface area contributed by atoms with E-state index in [4.69, 9.17) is 0 Å². The van der Waals surface area contributed by atoms with Gasteiger partial charge in [0, 0.05) is 12.1 Å². The summed E-state index contributed by atoms with van der Waals surface area (Å²) in [5, 5.41) is 6.52. The second-order valence-electron chi connectivity index (χ2n) is 7.61. The maximum atomic E-state index is 12.4. The third-order valence-corrected chi connectivity index (χ3v) is 4.71. The second kappa shape index (κ2) is 7.28. The van der Waals surface area contributed by atoms with Crippen LogP contribution in [0.25, 0.3) is 0 Å². The van der Waals surface area contributed by atoms with Crippen molar-refractivity contribution in [1.29, 1.82) is 0 Å². The highest BCUT2D eigenvalue weighted by Crippen LogP contribution is 2.30. The van der Waals surface area contributed by atoms with Crippen molar-refractivity contribution in [2.75, 3.05) is 18.4 Å². The van der Waals surface area contributed by atoms with Crippen molar-refractivity contribution in [3.8, 4) is 0 Å². The average Bonchev–Trinajstić information content (AvgIpc) is 2.47. The van der Waals surface area contributed by atoms with Crippen LogP contribution in [0.1, 0.15) is 52.5 Å². The second-order valence-corrected chi connectivity index (χ2v) is 7.61. The molecule has 1 aromatic carbocycles. The summed E-state index contributed by atoms with van der Waals surface area (Å²) in [6, 6.07) is 8.13. The standard InChI is InChI=1S/C19H30N2O/c1-14(15-9-11-20-12-10-15)13-18(22)21-17-8-6-5-7-16(17)19(2,3)4/h5-8,14-15,20H,9-13H2,1-4H3,(H,21,22). The maximum Gasteiger partial charge on any atom is 0.224 e.